The predicted molar refractivity (Wildman–Crippen MR) is 127 cm³/mol. The molecule has 0 unspecified atom stereocenters. The van der Waals surface area contributed by atoms with Gasteiger partial charge in [-0.15, -0.1) is 0 Å². The summed E-state index contributed by atoms with van der Waals surface area (Å²) in [5, 5.41) is 12.3. The fourth-order valence-corrected chi connectivity index (χ4v) is 4.80. The minimum Gasteiger partial charge on any atom is -0.870 e. The van der Waals surface area contributed by atoms with Gasteiger partial charge in [0.05, 0.1) is 0 Å². The van der Waals surface area contributed by atoms with Crippen LogP contribution in [0.15, 0.2) is 47.4 Å². The molecule has 0 saturated heterocycles. The molecule has 0 amide bonds. The molecule has 0 bridgehead atoms. The third-order valence-electron chi connectivity index (χ3n) is 5.68. The van der Waals surface area contributed by atoms with Crippen LogP contribution in [0.25, 0.3) is 0 Å². The average Bonchev–Trinajstić information content (AvgIpc) is 2.76. The van der Waals surface area contributed by atoms with E-state index in [1.165, 1.54) is 69.9 Å². The van der Waals surface area contributed by atoms with Crippen LogP contribution in [0.5, 0.6) is 17.2 Å². The second-order valence-corrected chi connectivity index (χ2v) is 9.77. The molecule has 0 aromatic heterocycles. The van der Waals surface area contributed by atoms with E-state index in [1.54, 1.807) is 30.3 Å². The number of rotatable bonds is 16. The van der Waals surface area contributed by atoms with Crippen LogP contribution in [0.4, 0.5) is 0 Å². The second kappa shape index (κ2) is 16.6. The van der Waals surface area contributed by atoms with Gasteiger partial charge in [-0.2, -0.15) is 8.42 Å². The van der Waals surface area contributed by atoms with Crippen LogP contribution in [-0.2, 0) is 16.5 Å². The van der Waals surface area contributed by atoms with Gasteiger partial charge in [-0.3, -0.25) is 4.55 Å². The van der Waals surface area contributed by atoms with Crippen molar-refractivity contribution in [3.05, 3.63) is 48.0 Å². The number of aryl methyl sites for hydroxylation is 1. The summed E-state index contributed by atoms with van der Waals surface area (Å²) in [6.45, 7) is 2.24. The summed E-state index contributed by atoms with van der Waals surface area (Å²) in [7, 11) is -4.60. The first-order valence-electron chi connectivity index (χ1n) is 12.0. The van der Waals surface area contributed by atoms with E-state index in [9.17, 15) is 18.1 Å². The molecule has 2 rings (SSSR count). The smallest absolute Gasteiger partial charge is 0.870 e. The largest absolute Gasteiger partial charge is 1.00 e. The van der Waals surface area contributed by atoms with Gasteiger partial charge in [-0.05, 0) is 30.5 Å². The minimum absolute atomic E-state index is 0. The van der Waals surface area contributed by atoms with Crippen molar-refractivity contribution >= 4 is 10.1 Å². The Labute approximate surface area is 222 Å². The molecule has 2 aromatic rings. The van der Waals surface area contributed by atoms with E-state index in [2.05, 4.69) is 6.92 Å². The quantitative estimate of drug-likeness (QED) is 0.221. The molecule has 33 heavy (non-hydrogen) atoms. The van der Waals surface area contributed by atoms with Crippen molar-refractivity contribution in [1.82, 2.24) is 0 Å². The molecule has 0 aliphatic heterocycles. The predicted octanol–water partition coefficient (Wildman–Crippen LogP) is 4.05. The summed E-state index contributed by atoms with van der Waals surface area (Å²) in [5.41, 5.74) is 0.421. The molecule has 0 atom stereocenters. The van der Waals surface area contributed by atoms with Gasteiger partial charge >= 0.3 is 29.6 Å². The Hall–Kier alpha value is -1.05. The summed E-state index contributed by atoms with van der Waals surface area (Å²) < 4.78 is 39.5. The molecule has 0 radical (unpaired) electrons. The Balaban J connectivity index is 0.00000544. The van der Waals surface area contributed by atoms with Gasteiger partial charge in [-0.1, -0.05) is 114 Å². The zero-order valence-electron chi connectivity index (χ0n) is 20.2. The van der Waals surface area contributed by atoms with E-state index in [-0.39, 0.29) is 35.3 Å². The van der Waals surface area contributed by atoms with Crippen molar-refractivity contribution in [3.63, 3.8) is 0 Å². The SMILES string of the molecule is CCCCCCCCCCCCCCc1ccc([O-])c(Oc2ccccc2)c1S(=O)(=O)O.[Na+]. The van der Waals surface area contributed by atoms with E-state index in [0.717, 1.165) is 19.3 Å². The maximum atomic E-state index is 12.3. The van der Waals surface area contributed by atoms with E-state index < -0.39 is 20.8 Å². The normalized spacial score (nSPS) is 11.2. The van der Waals surface area contributed by atoms with E-state index in [1.807, 2.05) is 0 Å². The Morgan fingerprint density at radius 1 is 0.788 bits per heavy atom. The van der Waals surface area contributed by atoms with Crippen molar-refractivity contribution in [3.8, 4) is 17.2 Å². The number of benzene rings is 2. The summed E-state index contributed by atoms with van der Waals surface area (Å²) in [5.74, 6) is -0.563. The summed E-state index contributed by atoms with van der Waals surface area (Å²) in [6.07, 6.45) is 15.0. The van der Waals surface area contributed by atoms with Crippen LogP contribution < -0.4 is 39.4 Å². The Morgan fingerprint density at radius 2 is 1.30 bits per heavy atom. The van der Waals surface area contributed by atoms with Crippen LogP contribution in [-0.4, -0.2) is 13.0 Å². The van der Waals surface area contributed by atoms with E-state index in [0.29, 0.717) is 17.7 Å². The second-order valence-electron chi connectivity index (χ2n) is 8.41. The summed E-state index contributed by atoms with van der Waals surface area (Å²) in [4.78, 5) is -0.406. The van der Waals surface area contributed by atoms with Crippen LogP contribution in [0.1, 0.15) is 89.5 Å². The molecule has 0 heterocycles. The number of hydrogen-bond donors (Lipinski definition) is 1. The van der Waals surface area contributed by atoms with Gasteiger partial charge < -0.3 is 9.84 Å². The van der Waals surface area contributed by atoms with Gasteiger partial charge in [0.15, 0.2) is 0 Å². The minimum atomic E-state index is -4.60. The zero-order valence-corrected chi connectivity index (χ0v) is 23.0. The van der Waals surface area contributed by atoms with Crippen LogP contribution in [0.2, 0.25) is 0 Å². The van der Waals surface area contributed by atoms with Crippen molar-refractivity contribution in [2.75, 3.05) is 0 Å². The number of ether oxygens (including phenoxy) is 1. The molecule has 2 aromatic carbocycles. The van der Waals surface area contributed by atoms with Crippen LogP contribution >= 0.6 is 0 Å². The summed E-state index contributed by atoms with van der Waals surface area (Å²) >= 11 is 0. The molecule has 178 valence electrons. The van der Waals surface area contributed by atoms with E-state index in [4.69, 9.17) is 4.74 Å². The van der Waals surface area contributed by atoms with Crippen molar-refractivity contribution in [1.29, 1.82) is 0 Å². The molecule has 7 heteroatoms. The molecular formula is C26H37NaO5S. The number of unbranched alkanes of at least 4 members (excludes halogenated alkanes) is 11. The first kappa shape index (κ1) is 30.0. The van der Waals surface area contributed by atoms with Crippen molar-refractivity contribution in [2.45, 2.75) is 95.3 Å². The number of para-hydroxylation sites is 1. The molecule has 0 aliphatic carbocycles. The number of hydrogen-bond acceptors (Lipinski definition) is 4. The van der Waals surface area contributed by atoms with Gasteiger partial charge in [0.25, 0.3) is 10.1 Å². The van der Waals surface area contributed by atoms with Crippen LogP contribution in [0.3, 0.4) is 0 Å². The molecule has 0 aliphatic rings. The fourth-order valence-electron chi connectivity index (χ4n) is 3.92. The van der Waals surface area contributed by atoms with Gasteiger partial charge in [0.2, 0.25) is 0 Å². The Kier molecular flexibility index (Phi) is 15.0. The Bertz CT molecular complexity index is 900. The first-order valence-corrected chi connectivity index (χ1v) is 13.4. The van der Waals surface area contributed by atoms with Crippen molar-refractivity contribution in [2.24, 2.45) is 0 Å². The van der Waals surface area contributed by atoms with E-state index >= 15 is 0 Å². The maximum Gasteiger partial charge on any atom is 1.00 e. The van der Waals surface area contributed by atoms with Gasteiger partial charge in [0, 0.05) is 0 Å². The standard InChI is InChI=1S/C26H38O5S.Na/c1-2-3-4-5-6-7-8-9-10-11-12-14-17-22-20-21-24(27)25(26(22)32(28,29)30)31-23-18-15-13-16-19-23;/h13,15-16,18-21,27H,2-12,14,17H2,1H3,(H,28,29,30);/q;+1/p-1. The molecular weight excluding hydrogens is 447 g/mol. The molecule has 0 spiro atoms. The molecule has 5 nitrogen and oxygen atoms in total. The van der Waals surface area contributed by atoms with Crippen molar-refractivity contribution < 1.29 is 52.4 Å². The Morgan fingerprint density at radius 3 is 1.82 bits per heavy atom. The molecule has 0 saturated carbocycles. The third-order valence-corrected chi connectivity index (χ3v) is 6.64. The van der Waals surface area contributed by atoms with Crippen LogP contribution in [0, 0.1) is 0 Å². The zero-order chi connectivity index (χ0) is 23.2. The average molecular weight is 485 g/mol. The first-order chi connectivity index (χ1) is 15.4. The molecule has 0 fully saturated rings. The monoisotopic (exact) mass is 484 g/mol. The van der Waals surface area contributed by atoms with Gasteiger partial charge in [-0.25, -0.2) is 0 Å². The molecule has 1 N–H and O–H groups in total. The fraction of sp³-hybridized carbons (Fsp3) is 0.538. The maximum absolute atomic E-state index is 12.3. The van der Waals surface area contributed by atoms with Gasteiger partial charge in [0.1, 0.15) is 16.4 Å². The topological polar surface area (TPSA) is 86.7 Å². The third kappa shape index (κ3) is 11.3. The summed E-state index contributed by atoms with van der Waals surface area (Å²) in [6, 6.07) is 11.3.